The third kappa shape index (κ3) is 2.59. The van der Waals surface area contributed by atoms with Crippen LogP contribution >= 0.6 is 11.6 Å². The van der Waals surface area contributed by atoms with Crippen molar-refractivity contribution in [1.29, 1.82) is 0 Å². The van der Waals surface area contributed by atoms with Gasteiger partial charge in [0.1, 0.15) is 11.6 Å². The maximum atomic E-state index is 13.8. The van der Waals surface area contributed by atoms with Gasteiger partial charge in [-0.2, -0.15) is 0 Å². The normalized spacial score (nSPS) is 23.2. The molecule has 2 nitrogen and oxygen atoms in total. The molecule has 0 spiro atoms. The Bertz CT molecular complexity index is 507. The van der Waals surface area contributed by atoms with Crippen LogP contribution in [0.2, 0.25) is 5.02 Å². The minimum atomic E-state index is -0.656. The molecule has 19 heavy (non-hydrogen) atoms. The van der Waals surface area contributed by atoms with Gasteiger partial charge in [0.05, 0.1) is 0 Å². The highest BCUT2D eigenvalue weighted by molar-refractivity contribution is 6.30. The molecule has 2 fully saturated rings. The summed E-state index contributed by atoms with van der Waals surface area (Å²) >= 11 is 5.61. The second-order valence-electron chi connectivity index (χ2n) is 5.43. The van der Waals surface area contributed by atoms with Gasteiger partial charge >= 0.3 is 0 Å². The number of halogens is 3. The van der Waals surface area contributed by atoms with E-state index in [-0.39, 0.29) is 22.9 Å². The van der Waals surface area contributed by atoms with Crippen LogP contribution in [0.25, 0.3) is 0 Å². The van der Waals surface area contributed by atoms with E-state index in [0.29, 0.717) is 12.5 Å². The van der Waals surface area contributed by atoms with E-state index in [1.807, 2.05) is 0 Å². The zero-order chi connectivity index (χ0) is 13.6. The van der Waals surface area contributed by atoms with E-state index < -0.39 is 17.6 Å². The van der Waals surface area contributed by atoms with E-state index in [2.05, 4.69) is 0 Å². The van der Waals surface area contributed by atoms with Crippen LogP contribution in [0.3, 0.4) is 0 Å². The van der Waals surface area contributed by atoms with Crippen LogP contribution in [0.1, 0.15) is 30.7 Å². The number of likely N-dealkylation sites (tertiary alicyclic amines) is 1. The summed E-state index contributed by atoms with van der Waals surface area (Å²) in [6.07, 6.45) is 2.48. The predicted octanol–water partition coefficient (Wildman–Crippen LogP) is 3.34. The van der Waals surface area contributed by atoms with E-state index >= 15 is 0 Å². The molecule has 1 atom stereocenters. The lowest BCUT2D eigenvalue weighted by molar-refractivity contribution is -0.127. The summed E-state index contributed by atoms with van der Waals surface area (Å²) in [6, 6.07) is 2.21. The Morgan fingerprint density at radius 3 is 2.47 bits per heavy atom. The average Bonchev–Trinajstić information content (AvgIpc) is 3.03. The molecule has 1 heterocycles. The van der Waals surface area contributed by atoms with Gasteiger partial charge in [-0.3, -0.25) is 4.79 Å². The highest BCUT2D eigenvalue weighted by atomic mass is 35.5. The molecule has 1 saturated carbocycles. The molecule has 102 valence electrons. The standard InChI is InChI=1S/C14H14ClF2NO/c15-10-4-11(16)14(12(17)5-10)9-3-13(19)18(7-9)6-8-1-2-8/h4-5,8-9H,1-3,6-7H2. The van der Waals surface area contributed by atoms with Crippen molar-refractivity contribution < 1.29 is 13.6 Å². The number of carbonyl (C=O) groups is 1. The fourth-order valence-corrected chi connectivity index (χ4v) is 2.89. The first-order valence-electron chi connectivity index (χ1n) is 6.47. The van der Waals surface area contributed by atoms with Gasteiger partial charge in [0.2, 0.25) is 5.91 Å². The molecule has 0 radical (unpaired) electrons. The first-order valence-corrected chi connectivity index (χ1v) is 6.84. The van der Waals surface area contributed by atoms with E-state index in [9.17, 15) is 13.6 Å². The van der Waals surface area contributed by atoms with Crippen molar-refractivity contribution in [1.82, 2.24) is 4.90 Å². The molecule has 1 aliphatic heterocycles. The predicted molar refractivity (Wildman–Crippen MR) is 68.0 cm³/mol. The molecule has 1 aromatic carbocycles. The van der Waals surface area contributed by atoms with Crippen molar-refractivity contribution in [3.05, 3.63) is 34.4 Å². The first kappa shape index (κ1) is 12.9. The minimum Gasteiger partial charge on any atom is -0.342 e. The lowest BCUT2D eigenvalue weighted by atomic mass is 9.97. The number of carbonyl (C=O) groups excluding carboxylic acids is 1. The summed E-state index contributed by atoms with van der Waals surface area (Å²) in [5.41, 5.74) is -0.00366. The van der Waals surface area contributed by atoms with Gasteiger partial charge in [0.25, 0.3) is 0 Å². The quantitative estimate of drug-likeness (QED) is 0.834. The Kier molecular flexibility index (Phi) is 3.21. The van der Waals surface area contributed by atoms with E-state index in [1.165, 1.54) is 0 Å². The summed E-state index contributed by atoms with van der Waals surface area (Å²) in [5, 5.41) is 0.0397. The number of hydrogen-bond donors (Lipinski definition) is 0. The average molecular weight is 286 g/mol. The number of amides is 1. The molecule has 5 heteroatoms. The highest BCUT2D eigenvalue weighted by Gasteiger charge is 2.36. The van der Waals surface area contributed by atoms with Crippen LogP contribution in [-0.2, 0) is 4.79 Å². The third-order valence-corrected chi connectivity index (χ3v) is 4.06. The van der Waals surface area contributed by atoms with E-state index in [4.69, 9.17) is 11.6 Å². The van der Waals surface area contributed by atoms with Gasteiger partial charge in [-0.15, -0.1) is 0 Å². The van der Waals surface area contributed by atoms with Crippen molar-refractivity contribution in [3.8, 4) is 0 Å². The van der Waals surface area contributed by atoms with E-state index in [0.717, 1.165) is 31.5 Å². The molecule has 1 aromatic rings. The zero-order valence-electron chi connectivity index (χ0n) is 10.3. The fourth-order valence-electron chi connectivity index (χ4n) is 2.70. The van der Waals surface area contributed by atoms with Crippen LogP contribution < -0.4 is 0 Å². The molecule has 2 aliphatic rings. The first-order chi connectivity index (χ1) is 9.04. The number of nitrogens with zero attached hydrogens (tertiary/aromatic N) is 1. The molecular weight excluding hydrogens is 272 g/mol. The minimum absolute atomic E-state index is 0.00366. The Morgan fingerprint density at radius 2 is 1.89 bits per heavy atom. The Labute approximate surface area is 115 Å². The van der Waals surface area contributed by atoms with Gasteiger partial charge in [-0.25, -0.2) is 8.78 Å². The second-order valence-corrected chi connectivity index (χ2v) is 5.86. The highest BCUT2D eigenvalue weighted by Crippen LogP contribution is 2.36. The summed E-state index contributed by atoms with van der Waals surface area (Å²) in [6.45, 7) is 1.14. The maximum Gasteiger partial charge on any atom is 0.223 e. The van der Waals surface area contributed by atoms with Crippen molar-refractivity contribution in [3.63, 3.8) is 0 Å². The second kappa shape index (κ2) is 4.75. The fraction of sp³-hybridized carbons (Fsp3) is 0.500. The van der Waals surface area contributed by atoms with Gasteiger partial charge in [-0.05, 0) is 30.9 Å². The molecule has 1 amide bonds. The van der Waals surface area contributed by atoms with Crippen LogP contribution in [0.15, 0.2) is 12.1 Å². The number of hydrogen-bond acceptors (Lipinski definition) is 1. The van der Waals surface area contributed by atoms with Gasteiger partial charge < -0.3 is 4.90 Å². The Morgan fingerprint density at radius 1 is 1.26 bits per heavy atom. The Balaban J connectivity index is 1.81. The Hall–Kier alpha value is -1.16. The summed E-state index contributed by atoms with van der Waals surface area (Å²) in [4.78, 5) is 13.6. The van der Waals surface area contributed by atoms with Crippen molar-refractivity contribution in [2.75, 3.05) is 13.1 Å². The molecule has 0 bridgehead atoms. The van der Waals surface area contributed by atoms with Crippen molar-refractivity contribution in [2.24, 2.45) is 5.92 Å². The monoisotopic (exact) mass is 285 g/mol. The molecule has 3 rings (SSSR count). The third-order valence-electron chi connectivity index (χ3n) is 3.84. The van der Waals surface area contributed by atoms with Crippen molar-refractivity contribution in [2.45, 2.75) is 25.2 Å². The van der Waals surface area contributed by atoms with Gasteiger partial charge in [0.15, 0.2) is 0 Å². The topological polar surface area (TPSA) is 20.3 Å². The summed E-state index contributed by atoms with van der Waals surface area (Å²) in [7, 11) is 0. The molecule has 1 saturated heterocycles. The van der Waals surface area contributed by atoms with Crippen LogP contribution in [0.5, 0.6) is 0 Å². The smallest absolute Gasteiger partial charge is 0.223 e. The molecule has 1 aliphatic carbocycles. The molecule has 1 unspecified atom stereocenters. The van der Waals surface area contributed by atoms with Crippen LogP contribution in [0.4, 0.5) is 8.78 Å². The molecule has 0 N–H and O–H groups in total. The van der Waals surface area contributed by atoms with Gasteiger partial charge in [-0.1, -0.05) is 11.6 Å². The zero-order valence-corrected chi connectivity index (χ0v) is 11.1. The number of benzene rings is 1. The van der Waals surface area contributed by atoms with E-state index in [1.54, 1.807) is 4.90 Å². The summed E-state index contributed by atoms with van der Waals surface area (Å²) in [5.74, 6) is -1.14. The summed E-state index contributed by atoms with van der Waals surface area (Å²) < 4.78 is 27.7. The van der Waals surface area contributed by atoms with Crippen LogP contribution in [-0.4, -0.2) is 23.9 Å². The lowest BCUT2D eigenvalue weighted by Gasteiger charge is -2.16. The lowest BCUT2D eigenvalue weighted by Crippen LogP contribution is -2.27. The van der Waals surface area contributed by atoms with Gasteiger partial charge in [0, 0.05) is 36.0 Å². The van der Waals surface area contributed by atoms with Crippen LogP contribution in [0, 0.1) is 17.6 Å². The number of rotatable bonds is 3. The van der Waals surface area contributed by atoms with Crippen molar-refractivity contribution >= 4 is 17.5 Å². The molecule has 0 aromatic heterocycles. The maximum absolute atomic E-state index is 13.8. The SMILES string of the molecule is O=C1CC(c2c(F)cc(Cl)cc2F)CN1CC1CC1. The molecular formula is C14H14ClF2NO. The largest absolute Gasteiger partial charge is 0.342 e.